The summed E-state index contributed by atoms with van der Waals surface area (Å²) in [6.45, 7) is 10.0. The Kier molecular flexibility index (Phi) is 6.99. The molecule has 1 aromatic carbocycles. The van der Waals surface area contributed by atoms with E-state index < -0.39 is 0 Å². The van der Waals surface area contributed by atoms with Gasteiger partial charge in [0.05, 0.1) is 30.5 Å². The molecule has 0 radical (unpaired) electrons. The van der Waals surface area contributed by atoms with E-state index in [4.69, 9.17) is 9.47 Å². The van der Waals surface area contributed by atoms with E-state index in [1.54, 1.807) is 4.90 Å². The van der Waals surface area contributed by atoms with E-state index in [1.165, 1.54) is 5.56 Å². The van der Waals surface area contributed by atoms with E-state index >= 15 is 0 Å². The number of hydrogen-bond donors (Lipinski definition) is 1. The van der Waals surface area contributed by atoms with Crippen molar-refractivity contribution in [2.24, 2.45) is 0 Å². The number of piperazine rings is 1. The lowest BCUT2D eigenvalue weighted by atomic mass is 9.87. The van der Waals surface area contributed by atoms with Crippen molar-refractivity contribution >= 4 is 17.3 Å². The number of aromatic nitrogens is 2. The Morgan fingerprint density at radius 3 is 2.50 bits per heavy atom. The average Bonchev–Trinajstić information content (AvgIpc) is 3.36. The van der Waals surface area contributed by atoms with Crippen LogP contribution in [0.1, 0.15) is 31.7 Å². The van der Waals surface area contributed by atoms with Gasteiger partial charge in [0, 0.05) is 69.2 Å². The Hall–Kier alpha value is -3.14. The number of anilines is 1. The number of fused-ring (bicyclic) bond motifs is 1. The van der Waals surface area contributed by atoms with E-state index in [9.17, 15) is 9.90 Å². The van der Waals surface area contributed by atoms with Gasteiger partial charge in [-0.3, -0.25) is 0 Å². The summed E-state index contributed by atoms with van der Waals surface area (Å²) < 4.78 is 12.5. The molecule has 0 unspecified atom stereocenters. The summed E-state index contributed by atoms with van der Waals surface area (Å²) in [7, 11) is 0. The van der Waals surface area contributed by atoms with Crippen LogP contribution in [0.25, 0.3) is 16.6 Å². The van der Waals surface area contributed by atoms with Crippen LogP contribution < -0.4 is 4.90 Å². The number of carbonyl (C=O) groups is 1. The van der Waals surface area contributed by atoms with Gasteiger partial charge in [0.25, 0.3) is 0 Å². The molecule has 3 aliphatic heterocycles. The van der Waals surface area contributed by atoms with Crippen molar-refractivity contribution < 1.29 is 19.4 Å². The van der Waals surface area contributed by atoms with Gasteiger partial charge in [-0.1, -0.05) is 24.3 Å². The Morgan fingerprint density at radius 1 is 1.05 bits per heavy atom. The lowest BCUT2D eigenvalue weighted by Crippen LogP contribution is -2.51. The van der Waals surface area contributed by atoms with Crippen molar-refractivity contribution in [2.75, 3.05) is 57.4 Å². The minimum Gasteiger partial charge on any atom is -0.441 e. The maximum absolute atomic E-state index is 12.4. The van der Waals surface area contributed by atoms with E-state index in [2.05, 4.69) is 65.3 Å². The average molecular weight is 520 g/mol. The number of ether oxygens (including phenoxy) is 2. The predicted molar refractivity (Wildman–Crippen MR) is 146 cm³/mol. The fourth-order valence-electron chi connectivity index (χ4n) is 5.74. The molecule has 2 aromatic heterocycles. The standard InChI is InChI=1S/C29H37N5O4/c1-20(2)33-10-8-28(35)25(17-33)22-5-3-21(4-6-22)23-15-27-26(7-9-30-34(27)16-23)31-11-13-32(14-12-31)29(36)38-24-18-37-19-24/h3-7,9,15-16,20,24-25,28,35H,8,10-14,17-19H2,1-2H3/t25-,28+/m0/s1. The molecular weight excluding hydrogens is 482 g/mol. The first-order chi connectivity index (χ1) is 18.5. The third-order valence-electron chi connectivity index (χ3n) is 8.25. The minimum atomic E-state index is -0.297. The van der Waals surface area contributed by atoms with Gasteiger partial charge in [0.1, 0.15) is 0 Å². The maximum Gasteiger partial charge on any atom is 0.410 e. The summed E-state index contributed by atoms with van der Waals surface area (Å²) in [6, 6.07) is 13.4. The van der Waals surface area contributed by atoms with Crippen LogP contribution in [0, 0.1) is 0 Å². The van der Waals surface area contributed by atoms with Crippen LogP contribution in [-0.4, -0.2) is 101 Å². The van der Waals surface area contributed by atoms with Crippen LogP contribution >= 0.6 is 0 Å². The third kappa shape index (κ3) is 4.98. The number of rotatable bonds is 5. The molecule has 3 fully saturated rings. The molecule has 3 aromatic rings. The zero-order valence-corrected chi connectivity index (χ0v) is 22.2. The fraction of sp³-hybridized carbons (Fsp3) is 0.517. The van der Waals surface area contributed by atoms with E-state index in [-0.39, 0.29) is 24.2 Å². The molecule has 1 amide bonds. The van der Waals surface area contributed by atoms with E-state index in [0.717, 1.165) is 54.9 Å². The monoisotopic (exact) mass is 519 g/mol. The molecule has 9 nitrogen and oxygen atoms in total. The number of aliphatic hydroxyl groups is 1. The molecule has 5 heterocycles. The summed E-state index contributed by atoms with van der Waals surface area (Å²) in [5, 5.41) is 15.2. The van der Waals surface area contributed by atoms with Gasteiger partial charge >= 0.3 is 6.09 Å². The number of amides is 1. The van der Waals surface area contributed by atoms with Gasteiger partial charge in [0.15, 0.2) is 6.10 Å². The van der Waals surface area contributed by atoms with Crippen molar-refractivity contribution in [1.82, 2.24) is 19.4 Å². The van der Waals surface area contributed by atoms with Gasteiger partial charge < -0.3 is 29.3 Å². The summed E-state index contributed by atoms with van der Waals surface area (Å²) in [5.74, 6) is 0.139. The Labute approximate surface area is 223 Å². The second kappa shape index (κ2) is 10.6. The predicted octanol–water partition coefficient (Wildman–Crippen LogP) is 3.22. The molecule has 2 atom stereocenters. The van der Waals surface area contributed by atoms with Gasteiger partial charge in [-0.05, 0) is 43.5 Å². The van der Waals surface area contributed by atoms with Crippen LogP contribution in [-0.2, 0) is 9.47 Å². The van der Waals surface area contributed by atoms with Gasteiger partial charge in [-0.15, -0.1) is 0 Å². The van der Waals surface area contributed by atoms with Crippen molar-refractivity contribution in [3.63, 3.8) is 0 Å². The maximum atomic E-state index is 12.4. The Balaban J connectivity index is 1.16. The lowest BCUT2D eigenvalue weighted by molar-refractivity contribution is -0.104. The highest BCUT2D eigenvalue weighted by Gasteiger charge is 2.31. The first-order valence-corrected chi connectivity index (χ1v) is 13.7. The van der Waals surface area contributed by atoms with E-state index in [1.807, 2.05) is 16.8 Å². The fourth-order valence-corrected chi connectivity index (χ4v) is 5.74. The molecule has 0 bridgehead atoms. The molecule has 0 spiro atoms. The highest BCUT2D eigenvalue weighted by molar-refractivity contribution is 5.80. The number of carbonyl (C=O) groups excluding carboxylic acids is 1. The largest absolute Gasteiger partial charge is 0.441 e. The van der Waals surface area contributed by atoms with Gasteiger partial charge in [-0.25, -0.2) is 9.31 Å². The van der Waals surface area contributed by atoms with Gasteiger partial charge in [-0.2, -0.15) is 5.10 Å². The number of likely N-dealkylation sites (tertiary alicyclic amines) is 1. The highest BCUT2D eigenvalue weighted by atomic mass is 16.6. The van der Waals surface area contributed by atoms with E-state index in [0.29, 0.717) is 32.3 Å². The number of nitrogens with zero attached hydrogens (tertiary/aromatic N) is 5. The Morgan fingerprint density at radius 2 is 1.82 bits per heavy atom. The van der Waals surface area contributed by atoms with Crippen LogP contribution in [0.3, 0.4) is 0 Å². The van der Waals surface area contributed by atoms with Crippen LogP contribution in [0.5, 0.6) is 0 Å². The number of hydrogen-bond acceptors (Lipinski definition) is 7. The summed E-state index contributed by atoms with van der Waals surface area (Å²) in [4.78, 5) is 18.9. The second-order valence-electron chi connectivity index (χ2n) is 11.0. The van der Waals surface area contributed by atoms with Crippen molar-refractivity contribution in [1.29, 1.82) is 0 Å². The normalized spacial score (nSPS) is 23.2. The van der Waals surface area contributed by atoms with Crippen LogP contribution in [0.2, 0.25) is 0 Å². The molecule has 6 rings (SSSR count). The summed E-state index contributed by atoms with van der Waals surface area (Å²) in [6.07, 6.45) is 4.07. The van der Waals surface area contributed by atoms with Crippen molar-refractivity contribution in [2.45, 2.75) is 44.4 Å². The van der Waals surface area contributed by atoms with Crippen molar-refractivity contribution in [3.05, 3.63) is 54.4 Å². The van der Waals surface area contributed by atoms with Gasteiger partial charge in [0.2, 0.25) is 0 Å². The van der Waals surface area contributed by atoms with Crippen molar-refractivity contribution in [3.8, 4) is 11.1 Å². The second-order valence-corrected chi connectivity index (χ2v) is 11.0. The third-order valence-corrected chi connectivity index (χ3v) is 8.25. The molecule has 3 saturated heterocycles. The molecule has 3 aliphatic rings. The summed E-state index contributed by atoms with van der Waals surface area (Å²) >= 11 is 0. The highest BCUT2D eigenvalue weighted by Crippen LogP contribution is 2.32. The number of aliphatic hydroxyl groups excluding tert-OH is 1. The SMILES string of the molecule is CC(C)N1CC[C@@H](O)[C@H](c2ccc(-c3cc4c(N5CCN(C(=O)OC6COC6)CC5)ccnn4c3)cc2)C1. The first kappa shape index (κ1) is 25.2. The topological polar surface area (TPSA) is 82.8 Å². The molecule has 0 aliphatic carbocycles. The molecule has 202 valence electrons. The number of benzene rings is 1. The zero-order valence-electron chi connectivity index (χ0n) is 22.2. The smallest absolute Gasteiger partial charge is 0.410 e. The lowest BCUT2D eigenvalue weighted by Gasteiger charge is -2.38. The van der Waals surface area contributed by atoms with Crippen LogP contribution in [0.15, 0.2) is 48.8 Å². The quantitative estimate of drug-likeness (QED) is 0.554. The zero-order chi connectivity index (χ0) is 26.2. The Bertz CT molecular complexity index is 1260. The molecule has 0 saturated carbocycles. The molecule has 1 N–H and O–H groups in total. The number of piperidine rings is 1. The minimum absolute atomic E-state index is 0.101. The first-order valence-electron chi connectivity index (χ1n) is 13.7. The van der Waals surface area contributed by atoms with Crippen LogP contribution in [0.4, 0.5) is 10.5 Å². The summed E-state index contributed by atoms with van der Waals surface area (Å²) in [5.41, 5.74) is 5.58. The molecule has 38 heavy (non-hydrogen) atoms. The molecular formula is C29H37N5O4. The molecule has 9 heteroatoms.